The van der Waals surface area contributed by atoms with Gasteiger partial charge in [-0.15, -0.1) is 0 Å². The monoisotopic (exact) mass is 320 g/mol. The maximum Gasteiger partial charge on any atom is 0.131 e. The Morgan fingerprint density at radius 1 is 0.762 bits per heavy atom. The van der Waals surface area contributed by atoms with Gasteiger partial charge in [-0.25, -0.2) is 4.89 Å². The predicted molar refractivity (Wildman–Crippen MR) is 54.1 cm³/mol. The molecule has 0 aliphatic rings. The Morgan fingerprint density at radius 3 is 2.00 bits per heavy atom. The number of aliphatic hydroxyl groups excluding tert-OH is 1. The summed E-state index contributed by atoms with van der Waals surface area (Å²) < 4.78 is 5.05. The van der Waals surface area contributed by atoms with E-state index in [-0.39, 0.29) is 13.2 Å². The molecule has 0 unspecified atom stereocenters. The van der Waals surface area contributed by atoms with Crippen LogP contribution in [0, 0.1) is 0 Å². The minimum atomic E-state index is -0.243. The van der Waals surface area contributed by atoms with E-state index >= 15 is 0 Å². The van der Waals surface area contributed by atoms with Gasteiger partial charge < -0.3 is 14.7 Å². The molecule has 21 heavy (non-hydrogen) atoms. The summed E-state index contributed by atoms with van der Waals surface area (Å²) in [4.78, 5) is 8.52. The van der Waals surface area contributed by atoms with E-state index in [1.54, 1.807) is 0 Å². The van der Waals surface area contributed by atoms with E-state index in [1.807, 2.05) is 6.92 Å². The Kier molecular flexibility index (Phi) is 18.2. The first-order chi connectivity index (χ1) is 10.4. The molecule has 13 nitrogen and oxygen atoms in total. The third-order valence-corrected chi connectivity index (χ3v) is 1.23. The molecular formula is C8H16O13. The second kappa shape index (κ2) is 19.1. The van der Waals surface area contributed by atoms with Gasteiger partial charge in [-0.1, -0.05) is 6.92 Å². The first-order valence-electron chi connectivity index (χ1n) is 5.53. The fourth-order valence-corrected chi connectivity index (χ4v) is 0.593. The zero-order valence-corrected chi connectivity index (χ0v) is 11.0. The molecule has 0 aromatic carbocycles. The molecule has 1 N–H and O–H groups in total. The first kappa shape index (κ1) is 20.1. The molecule has 0 aliphatic carbocycles. The Morgan fingerprint density at radius 2 is 1.38 bits per heavy atom. The van der Waals surface area contributed by atoms with E-state index < -0.39 is 0 Å². The molecule has 0 saturated heterocycles. The summed E-state index contributed by atoms with van der Waals surface area (Å²) in [5.41, 5.74) is 0. The summed E-state index contributed by atoms with van der Waals surface area (Å²) in [5.74, 6) is 0. The van der Waals surface area contributed by atoms with E-state index in [4.69, 9.17) is 9.84 Å². The van der Waals surface area contributed by atoms with E-state index in [0.717, 1.165) is 12.7 Å². The summed E-state index contributed by atoms with van der Waals surface area (Å²) in [6.45, 7) is 2.77. The van der Waals surface area contributed by atoms with Crippen molar-refractivity contribution in [3.63, 3.8) is 0 Å². The van der Waals surface area contributed by atoms with E-state index in [2.05, 4.69) is 55.1 Å². The Balaban J connectivity index is 2.95. The van der Waals surface area contributed by atoms with Gasteiger partial charge in [0.1, 0.15) is 12.9 Å². The second-order valence-corrected chi connectivity index (χ2v) is 2.70. The number of hydrogen-bond acceptors (Lipinski definition) is 13. The van der Waals surface area contributed by atoms with Gasteiger partial charge in [0.2, 0.25) is 0 Å². The molecule has 126 valence electrons. The summed E-state index contributed by atoms with van der Waals surface area (Å²) in [6, 6.07) is 0. The second-order valence-electron chi connectivity index (χ2n) is 2.70. The van der Waals surface area contributed by atoms with Crippen molar-refractivity contribution in [2.75, 3.05) is 26.4 Å². The smallest absolute Gasteiger partial charge is 0.131 e. The number of rotatable bonds is 17. The fourth-order valence-electron chi connectivity index (χ4n) is 0.593. The van der Waals surface area contributed by atoms with Crippen molar-refractivity contribution >= 4 is 0 Å². The van der Waals surface area contributed by atoms with Crippen LogP contribution in [0.3, 0.4) is 0 Å². The van der Waals surface area contributed by atoms with Gasteiger partial charge in [-0.05, 0) is 32.6 Å². The summed E-state index contributed by atoms with van der Waals surface area (Å²) >= 11 is 0. The SMILES string of the molecule is CCCOCCOOOOOOOOOOO/C=C\CO. The zero-order valence-electron chi connectivity index (χ0n) is 11.0. The van der Waals surface area contributed by atoms with Crippen LogP contribution >= 0.6 is 0 Å². The van der Waals surface area contributed by atoms with Crippen molar-refractivity contribution < 1.29 is 65.0 Å². The van der Waals surface area contributed by atoms with Gasteiger partial charge in [-0.3, -0.25) is 0 Å². The lowest BCUT2D eigenvalue weighted by Gasteiger charge is -2.01. The lowest BCUT2D eigenvalue weighted by molar-refractivity contribution is -0.853. The topological polar surface area (TPSA) is 131 Å². The van der Waals surface area contributed by atoms with Crippen molar-refractivity contribution in [3.8, 4) is 0 Å². The molecule has 0 atom stereocenters. The van der Waals surface area contributed by atoms with Crippen LogP contribution in [-0.4, -0.2) is 31.5 Å². The lowest BCUT2D eigenvalue weighted by atomic mass is 10.5. The third kappa shape index (κ3) is 19.1. The van der Waals surface area contributed by atoms with Gasteiger partial charge in [0.15, 0.2) is 0 Å². The van der Waals surface area contributed by atoms with Gasteiger partial charge in [0, 0.05) is 31.8 Å². The normalized spacial score (nSPS) is 11.3. The van der Waals surface area contributed by atoms with Crippen LogP contribution in [0.5, 0.6) is 0 Å². The highest BCUT2D eigenvalue weighted by atomic mass is 17.9. The van der Waals surface area contributed by atoms with Crippen LogP contribution in [0.4, 0.5) is 0 Å². The van der Waals surface area contributed by atoms with Crippen LogP contribution in [0.15, 0.2) is 12.3 Å². The van der Waals surface area contributed by atoms with Crippen molar-refractivity contribution in [1.82, 2.24) is 0 Å². The maximum absolute atomic E-state index is 8.29. The largest absolute Gasteiger partial charge is 0.392 e. The molecule has 0 radical (unpaired) electrons. The van der Waals surface area contributed by atoms with Crippen molar-refractivity contribution in [1.29, 1.82) is 0 Å². The minimum Gasteiger partial charge on any atom is -0.392 e. The highest BCUT2D eigenvalue weighted by Crippen LogP contribution is 1.91. The lowest BCUT2D eigenvalue weighted by Crippen LogP contribution is -2.07. The fraction of sp³-hybridized carbons (Fsp3) is 0.750. The van der Waals surface area contributed by atoms with Gasteiger partial charge in [-0.2, -0.15) is 0 Å². The Bertz CT molecular complexity index is 212. The molecule has 0 amide bonds. The molecule has 0 aromatic rings. The zero-order chi connectivity index (χ0) is 15.4. The Labute approximate surface area is 118 Å². The molecule has 0 spiro atoms. The standard InChI is InChI=1S/C8H16O13/c1-2-5-10-7-8-12-14-16-18-20-21-19-17-15-13-11-6-3-4-9/h3,6,9H,2,4-5,7-8H2,1H3/b6-3-. The number of aliphatic hydroxyl groups is 1. The quantitative estimate of drug-likeness (QED) is 0.170. The predicted octanol–water partition coefficient (Wildman–Crippen LogP) is 0.252. The molecule has 13 heteroatoms. The van der Waals surface area contributed by atoms with Crippen LogP contribution in [0.1, 0.15) is 13.3 Å². The first-order valence-corrected chi connectivity index (χ1v) is 5.53. The Hall–Kier alpha value is -0.940. The van der Waals surface area contributed by atoms with Crippen molar-refractivity contribution in [3.05, 3.63) is 12.3 Å². The van der Waals surface area contributed by atoms with E-state index in [9.17, 15) is 0 Å². The summed E-state index contributed by atoms with van der Waals surface area (Å²) in [5, 5.41) is 42.1. The minimum absolute atomic E-state index is 0.111. The average Bonchev–Trinajstić information content (AvgIpc) is 2.50. The van der Waals surface area contributed by atoms with Crippen LogP contribution < -0.4 is 0 Å². The average molecular weight is 320 g/mol. The van der Waals surface area contributed by atoms with Crippen LogP contribution in [0.2, 0.25) is 0 Å². The van der Waals surface area contributed by atoms with Crippen LogP contribution in [-0.2, 0) is 59.9 Å². The summed E-state index contributed by atoms with van der Waals surface area (Å²) in [7, 11) is 0. The van der Waals surface area contributed by atoms with Crippen molar-refractivity contribution in [2.24, 2.45) is 0 Å². The maximum atomic E-state index is 8.29. The molecule has 0 saturated carbocycles. The van der Waals surface area contributed by atoms with Crippen molar-refractivity contribution in [2.45, 2.75) is 13.3 Å². The molecule has 0 rings (SSSR count). The molecule has 0 fully saturated rings. The number of ether oxygens (including phenoxy) is 1. The third-order valence-electron chi connectivity index (χ3n) is 1.23. The molecule has 0 bridgehead atoms. The molecule has 0 heterocycles. The van der Waals surface area contributed by atoms with Gasteiger partial charge >= 0.3 is 0 Å². The van der Waals surface area contributed by atoms with E-state index in [0.29, 0.717) is 13.2 Å². The molecule has 0 aromatic heterocycles. The number of hydrogen-bond donors (Lipinski definition) is 1. The summed E-state index contributed by atoms with van der Waals surface area (Å²) in [6.07, 6.45) is 3.06. The highest BCUT2D eigenvalue weighted by molar-refractivity contribution is 4.69. The molecule has 0 aliphatic heterocycles. The highest BCUT2D eigenvalue weighted by Gasteiger charge is 1.97. The van der Waals surface area contributed by atoms with Gasteiger partial charge in [0.25, 0.3) is 0 Å². The van der Waals surface area contributed by atoms with Gasteiger partial charge in [0.05, 0.1) is 13.2 Å². The van der Waals surface area contributed by atoms with Crippen LogP contribution in [0.25, 0.3) is 0 Å². The molecular weight excluding hydrogens is 304 g/mol. The van der Waals surface area contributed by atoms with E-state index in [1.165, 1.54) is 6.08 Å².